The summed E-state index contributed by atoms with van der Waals surface area (Å²) in [6.45, 7) is 5.32. The molecule has 4 heteroatoms. The Balaban J connectivity index is 2.10. The van der Waals surface area contributed by atoms with E-state index >= 15 is 0 Å². The first-order chi connectivity index (χ1) is 8.61. The topological polar surface area (TPSA) is 53.4 Å². The van der Waals surface area contributed by atoms with E-state index in [1.54, 1.807) is 0 Å². The lowest BCUT2D eigenvalue weighted by Crippen LogP contribution is -2.42. The number of carbonyl (C=O) groups is 1. The summed E-state index contributed by atoms with van der Waals surface area (Å²) in [4.78, 5) is 17.8. The van der Waals surface area contributed by atoms with Crippen LogP contribution in [0, 0.1) is 12.8 Å². The van der Waals surface area contributed by atoms with Gasteiger partial charge in [0.2, 0.25) is 0 Å². The second kappa shape index (κ2) is 5.48. The van der Waals surface area contributed by atoms with Gasteiger partial charge in [0.15, 0.2) is 0 Å². The van der Waals surface area contributed by atoms with Crippen molar-refractivity contribution in [3.63, 3.8) is 0 Å². The zero-order valence-electron chi connectivity index (χ0n) is 11.0. The molecular weight excluding hydrogens is 228 g/mol. The van der Waals surface area contributed by atoms with Crippen molar-refractivity contribution in [3.05, 3.63) is 29.6 Å². The number of pyridine rings is 1. The largest absolute Gasteiger partial charge is 0.480 e. The Bertz CT molecular complexity index is 430. The molecule has 1 atom stereocenters. The van der Waals surface area contributed by atoms with Crippen molar-refractivity contribution in [1.29, 1.82) is 0 Å². The molecule has 2 rings (SSSR count). The third kappa shape index (κ3) is 3.07. The Morgan fingerprint density at radius 2 is 2.28 bits per heavy atom. The molecule has 1 fully saturated rings. The van der Waals surface area contributed by atoms with Gasteiger partial charge < -0.3 is 5.11 Å². The van der Waals surface area contributed by atoms with Gasteiger partial charge in [-0.3, -0.25) is 14.7 Å². The summed E-state index contributed by atoms with van der Waals surface area (Å²) < 4.78 is 0. The Hall–Kier alpha value is -1.42. The van der Waals surface area contributed by atoms with Crippen LogP contribution >= 0.6 is 0 Å². The predicted molar refractivity (Wildman–Crippen MR) is 69.2 cm³/mol. The van der Waals surface area contributed by atoms with Crippen molar-refractivity contribution in [2.45, 2.75) is 39.3 Å². The molecule has 0 radical (unpaired) electrons. The van der Waals surface area contributed by atoms with Crippen LogP contribution in [-0.2, 0) is 11.3 Å². The first kappa shape index (κ1) is 13.0. The summed E-state index contributed by atoms with van der Waals surface area (Å²) in [5.41, 5.74) is 1.92. The lowest BCUT2D eigenvalue weighted by molar-refractivity contribution is -0.144. The summed E-state index contributed by atoms with van der Waals surface area (Å²) in [5.74, 6) is -0.376. The number of hydrogen-bond donors (Lipinski definition) is 1. The summed E-state index contributed by atoms with van der Waals surface area (Å²) in [6.07, 6.45) is 2.07. The zero-order chi connectivity index (χ0) is 13.1. The van der Waals surface area contributed by atoms with E-state index in [1.807, 2.05) is 36.9 Å². The minimum Gasteiger partial charge on any atom is -0.480 e. The fraction of sp³-hybridized carbons (Fsp3) is 0.571. The molecule has 1 aromatic heterocycles. The van der Waals surface area contributed by atoms with Gasteiger partial charge in [-0.2, -0.15) is 0 Å². The van der Waals surface area contributed by atoms with Gasteiger partial charge in [-0.15, -0.1) is 0 Å². The van der Waals surface area contributed by atoms with Gasteiger partial charge in [-0.25, -0.2) is 0 Å². The predicted octanol–water partition coefficient (Wildman–Crippen LogP) is 2.08. The maximum absolute atomic E-state index is 11.4. The molecule has 0 aromatic carbocycles. The van der Waals surface area contributed by atoms with Gasteiger partial charge in [0.25, 0.3) is 0 Å². The maximum Gasteiger partial charge on any atom is 0.321 e. The molecule has 0 amide bonds. The summed E-state index contributed by atoms with van der Waals surface area (Å²) >= 11 is 0. The van der Waals surface area contributed by atoms with E-state index in [1.165, 1.54) is 0 Å². The number of likely N-dealkylation sites (N-methyl/N-ethyl adjacent to an activating group) is 1. The number of aryl methyl sites for hydroxylation is 1. The average Bonchev–Trinajstić information content (AvgIpc) is 3.12. The molecule has 1 unspecified atom stereocenters. The Morgan fingerprint density at radius 3 is 2.78 bits per heavy atom. The Labute approximate surface area is 108 Å². The molecule has 98 valence electrons. The van der Waals surface area contributed by atoms with Gasteiger partial charge in [-0.1, -0.05) is 13.0 Å². The van der Waals surface area contributed by atoms with Crippen molar-refractivity contribution < 1.29 is 9.90 Å². The van der Waals surface area contributed by atoms with Gasteiger partial charge in [-0.05, 0) is 44.4 Å². The monoisotopic (exact) mass is 248 g/mol. The summed E-state index contributed by atoms with van der Waals surface area (Å²) in [5, 5.41) is 9.36. The van der Waals surface area contributed by atoms with E-state index in [2.05, 4.69) is 4.98 Å². The van der Waals surface area contributed by atoms with Crippen LogP contribution in [0.5, 0.6) is 0 Å². The maximum atomic E-state index is 11.4. The van der Waals surface area contributed by atoms with Crippen molar-refractivity contribution in [1.82, 2.24) is 9.88 Å². The fourth-order valence-corrected chi connectivity index (χ4v) is 2.37. The standard InChI is InChI=1S/C14H20N2O2/c1-3-16(13(14(17)18)11-7-8-11)9-12-6-4-5-10(2)15-12/h4-6,11,13H,3,7-9H2,1-2H3,(H,17,18). The third-order valence-electron chi connectivity index (χ3n) is 3.43. The summed E-state index contributed by atoms with van der Waals surface area (Å²) in [6, 6.07) is 5.53. The highest BCUT2D eigenvalue weighted by molar-refractivity contribution is 5.74. The van der Waals surface area contributed by atoms with Crippen LogP contribution < -0.4 is 0 Å². The van der Waals surface area contributed by atoms with Crippen molar-refractivity contribution in [2.24, 2.45) is 5.92 Å². The minimum atomic E-state index is -0.702. The first-order valence-electron chi connectivity index (χ1n) is 6.51. The van der Waals surface area contributed by atoms with Crippen LogP contribution in [-0.4, -0.2) is 33.5 Å². The van der Waals surface area contributed by atoms with Crippen molar-refractivity contribution in [2.75, 3.05) is 6.54 Å². The minimum absolute atomic E-state index is 0.326. The van der Waals surface area contributed by atoms with Gasteiger partial charge in [0.1, 0.15) is 6.04 Å². The van der Waals surface area contributed by atoms with Gasteiger partial charge >= 0.3 is 5.97 Å². The molecule has 18 heavy (non-hydrogen) atoms. The molecule has 0 spiro atoms. The number of aliphatic carboxylic acids is 1. The number of hydrogen-bond acceptors (Lipinski definition) is 3. The fourth-order valence-electron chi connectivity index (χ4n) is 2.37. The average molecular weight is 248 g/mol. The van der Waals surface area contributed by atoms with Gasteiger partial charge in [0, 0.05) is 12.2 Å². The van der Waals surface area contributed by atoms with Crippen molar-refractivity contribution >= 4 is 5.97 Å². The second-order valence-electron chi connectivity index (χ2n) is 4.95. The number of carboxylic acid groups (broad SMARTS) is 1. The van der Waals surface area contributed by atoms with E-state index in [9.17, 15) is 9.90 Å². The van der Waals surface area contributed by atoms with E-state index < -0.39 is 5.97 Å². The van der Waals surface area contributed by atoms with E-state index in [4.69, 9.17) is 0 Å². The number of aromatic nitrogens is 1. The molecule has 1 aliphatic carbocycles. The molecule has 1 saturated carbocycles. The quantitative estimate of drug-likeness (QED) is 0.837. The highest BCUT2D eigenvalue weighted by Crippen LogP contribution is 2.35. The molecule has 1 N–H and O–H groups in total. The Kier molecular flexibility index (Phi) is 3.97. The van der Waals surface area contributed by atoms with Crippen LogP contribution in [0.1, 0.15) is 31.2 Å². The number of nitrogens with zero attached hydrogens (tertiary/aromatic N) is 2. The molecule has 1 aromatic rings. The normalized spacial score (nSPS) is 16.8. The van der Waals surface area contributed by atoms with Gasteiger partial charge in [0.05, 0.1) is 5.69 Å². The highest BCUT2D eigenvalue weighted by Gasteiger charge is 2.39. The lowest BCUT2D eigenvalue weighted by Gasteiger charge is -2.27. The van der Waals surface area contributed by atoms with E-state index in [0.717, 1.165) is 30.8 Å². The SMILES string of the molecule is CCN(Cc1cccc(C)n1)C(C(=O)O)C1CC1. The van der Waals surface area contributed by atoms with Crippen molar-refractivity contribution in [3.8, 4) is 0 Å². The smallest absolute Gasteiger partial charge is 0.321 e. The Morgan fingerprint density at radius 1 is 1.56 bits per heavy atom. The lowest BCUT2D eigenvalue weighted by atomic mass is 10.1. The highest BCUT2D eigenvalue weighted by atomic mass is 16.4. The first-order valence-corrected chi connectivity index (χ1v) is 6.51. The third-order valence-corrected chi connectivity index (χ3v) is 3.43. The molecule has 1 heterocycles. The molecule has 0 saturated heterocycles. The number of carboxylic acids is 1. The van der Waals surface area contributed by atoms with E-state index in [0.29, 0.717) is 12.5 Å². The van der Waals surface area contributed by atoms with Crippen LogP contribution in [0.15, 0.2) is 18.2 Å². The number of rotatable bonds is 6. The second-order valence-corrected chi connectivity index (χ2v) is 4.95. The van der Waals surface area contributed by atoms with Crippen LogP contribution in [0.2, 0.25) is 0 Å². The van der Waals surface area contributed by atoms with Crippen LogP contribution in [0.25, 0.3) is 0 Å². The molecule has 1 aliphatic rings. The van der Waals surface area contributed by atoms with E-state index in [-0.39, 0.29) is 6.04 Å². The summed E-state index contributed by atoms with van der Waals surface area (Å²) in [7, 11) is 0. The molecule has 0 bridgehead atoms. The molecule has 4 nitrogen and oxygen atoms in total. The van der Waals surface area contributed by atoms with Crippen LogP contribution in [0.3, 0.4) is 0 Å². The molecule has 0 aliphatic heterocycles. The zero-order valence-corrected chi connectivity index (χ0v) is 11.0. The van der Waals surface area contributed by atoms with Crippen LogP contribution in [0.4, 0.5) is 0 Å². The molecular formula is C14H20N2O2.